The molecule has 1 aromatic heterocycles. The van der Waals surface area contributed by atoms with Gasteiger partial charge in [0.05, 0.1) is 19.9 Å². The second-order valence-corrected chi connectivity index (χ2v) is 10.1. The summed E-state index contributed by atoms with van der Waals surface area (Å²) >= 11 is 5.15. The molecule has 4 aromatic rings. The van der Waals surface area contributed by atoms with Crippen LogP contribution in [0.1, 0.15) is 28.8 Å². The second-order valence-electron chi connectivity index (χ2n) is 8.38. The van der Waals surface area contributed by atoms with Crippen molar-refractivity contribution in [2.75, 3.05) is 25.8 Å². The van der Waals surface area contributed by atoms with Crippen molar-refractivity contribution in [2.24, 2.45) is 0 Å². The maximum absolute atomic E-state index is 6.74. The van der Waals surface area contributed by atoms with Crippen LogP contribution in [0.15, 0.2) is 81.9 Å². The van der Waals surface area contributed by atoms with Crippen LogP contribution in [0, 0.1) is 0 Å². The topological polar surface area (TPSA) is 70.4 Å². The van der Waals surface area contributed by atoms with E-state index >= 15 is 0 Å². The van der Waals surface area contributed by atoms with E-state index in [1.807, 2.05) is 53.4 Å². The molecule has 36 heavy (non-hydrogen) atoms. The summed E-state index contributed by atoms with van der Waals surface area (Å²) in [5, 5.41) is 9.13. The number of para-hydroxylation sites is 1. The van der Waals surface area contributed by atoms with Crippen molar-refractivity contribution in [3.63, 3.8) is 0 Å². The van der Waals surface area contributed by atoms with Crippen LogP contribution in [-0.2, 0) is 0 Å². The smallest absolute Gasteiger partial charge is 0.227 e. The molecule has 0 aliphatic carbocycles. The van der Waals surface area contributed by atoms with Crippen molar-refractivity contribution < 1.29 is 14.2 Å². The van der Waals surface area contributed by atoms with Gasteiger partial charge in [0.2, 0.25) is 11.1 Å². The zero-order valence-corrected chi connectivity index (χ0v) is 22.3. The highest BCUT2D eigenvalue weighted by Crippen LogP contribution is 2.52. The number of aromatic nitrogens is 3. The van der Waals surface area contributed by atoms with Crippen molar-refractivity contribution in [3.05, 3.63) is 93.5 Å². The van der Waals surface area contributed by atoms with E-state index in [0.717, 1.165) is 49.7 Å². The molecule has 0 saturated carbocycles. The molecule has 0 spiro atoms. The number of thioether (sulfide) groups is 1. The largest absolute Gasteiger partial charge is 0.497 e. The normalized spacial score (nSPS) is 17.9. The lowest BCUT2D eigenvalue weighted by Gasteiger charge is -2.39. The van der Waals surface area contributed by atoms with Crippen LogP contribution in [-0.4, -0.2) is 35.2 Å². The number of fused-ring (bicyclic) bond motifs is 3. The second kappa shape index (κ2) is 9.22. The lowest BCUT2D eigenvalue weighted by molar-refractivity contribution is 0.217. The van der Waals surface area contributed by atoms with E-state index in [0.29, 0.717) is 11.1 Å². The van der Waals surface area contributed by atoms with Gasteiger partial charge in [0.25, 0.3) is 0 Å². The number of rotatable bonds is 5. The third kappa shape index (κ3) is 3.74. The molecule has 182 valence electrons. The van der Waals surface area contributed by atoms with Gasteiger partial charge in [0.1, 0.15) is 23.3 Å². The van der Waals surface area contributed by atoms with Gasteiger partial charge >= 0.3 is 0 Å². The molecule has 0 saturated heterocycles. The van der Waals surface area contributed by atoms with Gasteiger partial charge in [0.15, 0.2) is 6.10 Å². The molecule has 2 atom stereocenters. The van der Waals surface area contributed by atoms with E-state index in [9.17, 15) is 0 Å². The maximum atomic E-state index is 6.74. The Morgan fingerprint density at radius 3 is 2.58 bits per heavy atom. The van der Waals surface area contributed by atoms with E-state index in [2.05, 4.69) is 45.5 Å². The number of benzene rings is 3. The Kier molecular flexibility index (Phi) is 5.89. The summed E-state index contributed by atoms with van der Waals surface area (Å²) in [5.41, 5.74) is 4.95. The highest BCUT2D eigenvalue weighted by molar-refractivity contribution is 9.10. The fraction of sp³-hybridized carbons (Fsp3) is 0.185. The van der Waals surface area contributed by atoms with Crippen LogP contribution in [0.4, 0.5) is 5.95 Å². The molecule has 1 N–H and O–H groups in total. The first-order chi connectivity index (χ1) is 17.6. The van der Waals surface area contributed by atoms with Gasteiger partial charge < -0.3 is 19.5 Å². The standard InChI is InChI=1S/C27H23BrN4O3S/c1-33-17-11-8-15(9-12-17)24-22-23(29-26-30-27(36-3)31-32(24)26)18-6-4-5-7-21(18)35-25(22)19-14-16(28)10-13-20(19)34-2/h4-14,24-25H,1-3H3,(H,29,30,31)/t24-,25-/m0/s1. The number of methoxy groups -OCH3 is 2. The summed E-state index contributed by atoms with van der Waals surface area (Å²) in [7, 11) is 3.35. The van der Waals surface area contributed by atoms with Gasteiger partial charge in [-0.3, -0.25) is 0 Å². The Morgan fingerprint density at radius 2 is 1.83 bits per heavy atom. The van der Waals surface area contributed by atoms with Gasteiger partial charge in [-0.1, -0.05) is 52.0 Å². The molecule has 0 fully saturated rings. The summed E-state index contributed by atoms with van der Waals surface area (Å²) in [4.78, 5) is 4.76. The third-order valence-electron chi connectivity index (χ3n) is 6.45. The molecule has 7 nitrogen and oxygen atoms in total. The van der Waals surface area contributed by atoms with Crippen LogP contribution < -0.4 is 19.5 Å². The summed E-state index contributed by atoms with van der Waals surface area (Å²) in [5.74, 6) is 3.02. The average molecular weight is 563 g/mol. The summed E-state index contributed by atoms with van der Waals surface area (Å²) in [6.07, 6.45) is 1.54. The average Bonchev–Trinajstić information content (AvgIpc) is 3.34. The highest BCUT2D eigenvalue weighted by Gasteiger charge is 2.42. The third-order valence-corrected chi connectivity index (χ3v) is 7.48. The first-order valence-electron chi connectivity index (χ1n) is 11.4. The number of halogens is 1. The molecular formula is C27H23BrN4O3S. The zero-order valence-electron chi connectivity index (χ0n) is 19.9. The number of ether oxygens (including phenoxy) is 3. The van der Waals surface area contributed by atoms with Gasteiger partial charge in [-0.25, -0.2) is 4.68 Å². The van der Waals surface area contributed by atoms with Crippen LogP contribution in [0.2, 0.25) is 0 Å². The molecule has 6 rings (SSSR count). The van der Waals surface area contributed by atoms with Crippen molar-refractivity contribution in [3.8, 4) is 17.2 Å². The van der Waals surface area contributed by atoms with Crippen LogP contribution in [0.3, 0.4) is 0 Å². The Bertz CT molecular complexity index is 1480. The van der Waals surface area contributed by atoms with Gasteiger partial charge in [0, 0.05) is 21.2 Å². The van der Waals surface area contributed by atoms with E-state index < -0.39 is 6.10 Å². The van der Waals surface area contributed by atoms with Gasteiger partial charge in [-0.05, 0) is 54.3 Å². The number of hydrogen-bond donors (Lipinski definition) is 1. The minimum atomic E-state index is -0.433. The Labute approximate surface area is 221 Å². The molecule has 0 bridgehead atoms. The van der Waals surface area contributed by atoms with Crippen molar-refractivity contribution >= 4 is 39.3 Å². The minimum Gasteiger partial charge on any atom is -0.497 e. The van der Waals surface area contributed by atoms with Crippen LogP contribution >= 0.6 is 27.7 Å². The van der Waals surface area contributed by atoms with Crippen LogP contribution in [0.25, 0.3) is 5.70 Å². The molecule has 3 aromatic carbocycles. The predicted molar refractivity (Wildman–Crippen MR) is 144 cm³/mol. The maximum Gasteiger partial charge on any atom is 0.227 e. The lowest BCUT2D eigenvalue weighted by Crippen LogP contribution is -2.32. The van der Waals surface area contributed by atoms with Crippen molar-refractivity contribution in [1.82, 2.24) is 14.8 Å². The van der Waals surface area contributed by atoms with E-state index in [1.54, 1.807) is 14.2 Å². The first kappa shape index (κ1) is 23.0. The monoisotopic (exact) mass is 562 g/mol. The highest BCUT2D eigenvalue weighted by atomic mass is 79.9. The Hall–Kier alpha value is -3.43. The van der Waals surface area contributed by atoms with Crippen molar-refractivity contribution in [1.29, 1.82) is 0 Å². The summed E-state index contributed by atoms with van der Waals surface area (Å²) in [6, 6.07) is 21.8. The van der Waals surface area contributed by atoms with Crippen molar-refractivity contribution in [2.45, 2.75) is 17.3 Å². The van der Waals surface area contributed by atoms with Gasteiger partial charge in [-0.15, -0.1) is 5.10 Å². The fourth-order valence-corrected chi connectivity index (χ4v) is 5.55. The van der Waals surface area contributed by atoms with E-state index in [4.69, 9.17) is 24.3 Å². The Balaban J connectivity index is 1.64. The molecule has 2 aliphatic rings. The first-order valence-corrected chi connectivity index (χ1v) is 13.4. The molecule has 0 radical (unpaired) electrons. The quantitative estimate of drug-likeness (QED) is 0.284. The number of nitrogens with one attached hydrogen (secondary N) is 1. The number of nitrogens with zero attached hydrogens (tertiary/aromatic N) is 3. The molecular weight excluding hydrogens is 540 g/mol. The summed E-state index contributed by atoms with van der Waals surface area (Å²) < 4.78 is 20.8. The molecule has 2 aliphatic heterocycles. The van der Waals surface area contributed by atoms with Crippen LogP contribution in [0.5, 0.6) is 17.2 Å². The van der Waals surface area contributed by atoms with E-state index in [-0.39, 0.29) is 6.04 Å². The molecule has 9 heteroatoms. The molecule has 3 heterocycles. The minimum absolute atomic E-state index is 0.266. The number of hydrogen-bond acceptors (Lipinski definition) is 7. The number of anilines is 1. The molecule has 0 unspecified atom stereocenters. The SMILES string of the molecule is COc1ccc([C@H]2C3=C(Nc4nc(SC)nn42)c2ccccc2O[C@H]3c2cc(Br)ccc2OC)cc1. The zero-order chi connectivity index (χ0) is 24.8. The van der Waals surface area contributed by atoms with E-state index in [1.165, 1.54) is 11.8 Å². The molecule has 0 amide bonds. The van der Waals surface area contributed by atoms with Gasteiger partial charge in [-0.2, -0.15) is 4.98 Å². The summed E-state index contributed by atoms with van der Waals surface area (Å²) in [6.45, 7) is 0. The fourth-order valence-electron chi connectivity index (χ4n) is 4.82. The lowest BCUT2D eigenvalue weighted by atomic mass is 9.84. The predicted octanol–water partition coefficient (Wildman–Crippen LogP) is 6.34. The Morgan fingerprint density at radius 1 is 1.03 bits per heavy atom.